The molecule has 0 fully saturated rings. The molecule has 1 amide bonds. The van der Waals surface area contributed by atoms with Crippen LogP contribution in [-0.4, -0.2) is 18.0 Å². The van der Waals surface area contributed by atoms with E-state index in [9.17, 15) is 4.79 Å². The number of rotatable bonds is 7. The Balaban J connectivity index is 1.60. The Hall–Kier alpha value is -2.92. The number of carbonyl (C=O) groups is 1. The van der Waals surface area contributed by atoms with Crippen molar-refractivity contribution in [1.29, 1.82) is 0 Å². The third kappa shape index (κ3) is 5.54. The number of methoxy groups -OCH3 is 1. The number of amides is 1. The number of hydrogen-bond acceptors (Lipinski definition) is 4. The van der Waals surface area contributed by atoms with Gasteiger partial charge in [-0.25, -0.2) is 4.98 Å². The maximum Gasteiger partial charge on any atom is 0.250 e. The number of thiazole rings is 1. The Morgan fingerprint density at radius 1 is 1.14 bits per heavy atom. The van der Waals surface area contributed by atoms with Crippen LogP contribution >= 0.6 is 11.3 Å². The molecular weight excluding hydrogens is 368 g/mol. The summed E-state index contributed by atoms with van der Waals surface area (Å²) in [6, 6.07) is 16.0. The minimum atomic E-state index is -0.205. The van der Waals surface area contributed by atoms with Gasteiger partial charge in [0.15, 0.2) is 5.13 Å². The van der Waals surface area contributed by atoms with Gasteiger partial charge < -0.3 is 4.74 Å². The van der Waals surface area contributed by atoms with E-state index in [0.717, 1.165) is 29.0 Å². The van der Waals surface area contributed by atoms with Crippen LogP contribution in [0.1, 0.15) is 25.0 Å². The highest BCUT2D eigenvalue weighted by Gasteiger charge is 2.07. The van der Waals surface area contributed by atoms with Crippen LogP contribution < -0.4 is 10.1 Å². The number of aromatic nitrogens is 1. The summed E-state index contributed by atoms with van der Waals surface area (Å²) < 4.78 is 5.13. The Bertz CT molecular complexity index is 941. The van der Waals surface area contributed by atoms with Crippen LogP contribution in [0, 0.1) is 5.92 Å². The van der Waals surface area contributed by atoms with Gasteiger partial charge in [-0.05, 0) is 41.7 Å². The molecule has 3 rings (SSSR count). The van der Waals surface area contributed by atoms with Crippen molar-refractivity contribution in [2.45, 2.75) is 20.3 Å². The Labute approximate surface area is 169 Å². The van der Waals surface area contributed by atoms with Crippen molar-refractivity contribution in [3.63, 3.8) is 0 Å². The van der Waals surface area contributed by atoms with Gasteiger partial charge in [0.25, 0.3) is 0 Å². The molecule has 1 N–H and O–H groups in total. The monoisotopic (exact) mass is 392 g/mol. The second-order valence-electron chi connectivity index (χ2n) is 6.93. The largest absolute Gasteiger partial charge is 0.497 e. The van der Waals surface area contributed by atoms with Crippen LogP contribution in [0.3, 0.4) is 0 Å². The molecule has 28 heavy (non-hydrogen) atoms. The molecule has 5 heteroatoms. The maximum absolute atomic E-state index is 12.1. The first-order valence-electron chi connectivity index (χ1n) is 9.21. The van der Waals surface area contributed by atoms with E-state index in [2.05, 4.69) is 48.4 Å². The average molecular weight is 393 g/mol. The van der Waals surface area contributed by atoms with Gasteiger partial charge in [-0.1, -0.05) is 50.2 Å². The number of hydrogen-bond donors (Lipinski definition) is 1. The lowest BCUT2D eigenvalue weighted by Crippen LogP contribution is -2.07. The van der Waals surface area contributed by atoms with Crippen molar-refractivity contribution in [2.75, 3.05) is 12.4 Å². The Kier molecular flexibility index (Phi) is 6.61. The van der Waals surface area contributed by atoms with Gasteiger partial charge >= 0.3 is 0 Å². The van der Waals surface area contributed by atoms with Gasteiger partial charge in [-0.15, -0.1) is 11.3 Å². The summed E-state index contributed by atoms with van der Waals surface area (Å²) >= 11 is 1.42. The van der Waals surface area contributed by atoms with Crippen molar-refractivity contribution in [3.05, 3.63) is 71.1 Å². The van der Waals surface area contributed by atoms with Crippen molar-refractivity contribution >= 4 is 28.5 Å². The highest BCUT2D eigenvalue weighted by molar-refractivity contribution is 7.14. The fourth-order valence-electron chi connectivity index (χ4n) is 2.78. The molecule has 0 unspecified atom stereocenters. The van der Waals surface area contributed by atoms with Gasteiger partial charge in [0.05, 0.1) is 12.8 Å². The predicted octanol–water partition coefficient (Wildman–Crippen LogP) is 5.67. The normalized spacial score (nSPS) is 11.1. The molecule has 3 aromatic rings. The van der Waals surface area contributed by atoms with E-state index in [1.54, 1.807) is 13.2 Å². The first-order valence-corrected chi connectivity index (χ1v) is 10.1. The second-order valence-corrected chi connectivity index (χ2v) is 7.79. The molecular formula is C23H24N2O2S. The van der Waals surface area contributed by atoms with Gasteiger partial charge in [0.2, 0.25) is 5.91 Å². The average Bonchev–Trinajstić information content (AvgIpc) is 3.15. The quantitative estimate of drug-likeness (QED) is 0.527. The smallest absolute Gasteiger partial charge is 0.250 e. The van der Waals surface area contributed by atoms with E-state index in [0.29, 0.717) is 11.0 Å². The topological polar surface area (TPSA) is 51.2 Å². The fourth-order valence-corrected chi connectivity index (χ4v) is 3.50. The molecule has 0 aliphatic rings. The number of ether oxygens (including phenoxy) is 1. The third-order valence-electron chi connectivity index (χ3n) is 4.17. The molecule has 0 spiro atoms. The Morgan fingerprint density at radius 2 is 1.86 bits per heavy atom. The standard InChI is InChI=1S/C23H24N2O2S/c1-16(2)14-18-4-9-19(10-5-18)21-15-28-23(24-21)25-22(26)13-8-17-6-11-20(27-3)12-7-17/h4-13,15-16H,14H2,1-3H3,(H,24,25,26)/b13-8+. The van der Waals surface area contributed by atoms with Crippen LogP contribution in [0.25, 0.3) is 17.3 Å². The van der Waals surface area contributed by atoms with Crippen LogP contribution in [-0.2, 0) is 11.2 Å². The summed E-state index contributed by atoms with van der Waals surface area (Å²) in [5.74, 6) is 1.22. The van der Waals surface area contributed by atoms with Crippen molar-refractivity contribution < 1.29 is 9.53 Å². The summed E-state index contributed by atoms with van der Waals surface area (Å²) in [5, 5.41) is 5.37. The molecule has 0 saturated heterocycles. The molecule has 2 aromatic carbocycles. The Morgan fingerprint density at radius 3 is 2.50 bits per heavy atom. The molecule has 1 aromatic heterocycles. The summed E-state index contributed by atoms with van der Waals surface area (Å²) in [4.78, 5) is 16.7. The minimum Gasteiger partial charge on any atom is -0.497 e. The van der Waals surface area contributed by atoms with Crippen LogP contribution in [0.5, 0.6) is 5.75 Å². The molecule has 144 valence electrons. The first kappa shape index (κ1) is 19.8. The van der Waals surface area contributed by atoms with Gasteiger partial charge in [0, 0.05) is 17.0 Å². The fraction of sp³-hybridized carbons (Fsp3) is 0.217. The third-order valence-corrected chi connectivity index (χ3v) is 4.93. The van der Waals surface area contributed by atoms with Crippen LogP contribution in [0.4, 0.5) is 5.13 Å². The zero-order chi connectivity index (χ0) is 19.9. The van der Waals surface area contributed by atoms with Crippen LogP contribution in [0.15, 0.2) is 60.0 Å². The van der Waals surface area contributed by atoms with E-state index in [4.69, 9.17) is 4.74 Å². The molecule has 0 atom stereocenters. The van der Waals surface area contributed by atoms with Gasteiger partial charge in [-0.2, -0.15) is 0 Å². The highest BCUT2D eigenvalue weighted by atomic mass is 32.1. The van der Waals surface area contributed by atoms with E-state index in [1.807, 2.05) is 29.6 Å². The summed E-state index contributed by atoms with van der Waals surface area (Å²) in [6.07, 6.45) is 4.33. The molecule has 0 bridgehead atoms. The van der Waals surface area contributed by atoms with E-state index in [-0.39, 0.29) is 5.91 Å². The highest BCUT2D eigenvalue weighted by Crippen LogP contribution is 2.25. The zero-order valence-corrected chi connectivity index (χ0v) is 17.1. The van der Waals surface area contributed by atoms with Crippen molar-refractivity contribution in [3.8, 4) is 17.0 Å². The van der Waals surface area contributed by atoms with E-state index in [1.165, 1.54) is 23.0 Å². The second kappa shape index (κ2) is 9.33. The summed E-state index contributed by atoms with van der Waals surface area (Å²) in [5.41, 5.74) is 4.18. The number of carbonyl (C=O) groups excluding carboxylic acids is 1. The zero-order valence-electron chi connectivity index (χ0n) is 16.3. The van der Waals surface area contributed by atoms with Crippen LogP contribution in [0.2, 0.25) is 0 Å². The molecule has 0 aliphatic carbocycles. The summed E-state index contributed by atoms with van der Waals surface area (Å²) in [6.45, 7) is 4.43. The summed E-state index contributed by atoms with van der Waals surface area (Å²) in [7, 11) is 1.63. The number of anilines is 1. The van der Waals surface area contributed by atoms with E-state index >= 15 is 0 Å². The first-order chi connectivity index (χ1) is 13.5. The van der Waals surface area contributed by atoms with Gasteiger partial charge in [0.1, 0.15) is 5.75 Å². The van der Waals surface area contributed by atoms with E-state index < -0.39 is 0 Å². The minimum absolute atomic E-state index is 0.205. The van der Waals surface area contributed by atoms with Crippen molar-refractivity contribution in [1.82, 2.24) is 4.98 Å². The maximum atomic E-state index is 12.1. The lowest BCUT2D eigenvalue weighted by atomic mass is 10.0. The molecule has 0 saturated carbocycles. The number of benzene rings is 2. The number of nitrogens with zero attached hydrogens (tertiary/aromatic N) is 1. The van der Waals surface area contributed by atoms with Gasteiger partial charge in [-0.3, -0.25) is 10.1 Å². The molecule has 1 heterocycles. The van der Waals surface area contributed by atoms with Crippen molar-refractivity contribution in [2.24, 2.45) is 5.92 Å². The molecule has 0 radical (unpaired) electrons. The molecule has 4 nitrogen and oxygen atoms in total. The predicted molar refractivity (Wildman–Crippen MR) is 117 cm³/mol. The SMILES string of the molecule is COc1ccc(/C=C/C(=O)Nc2nc(-c3ccc(CC(C)C)cc3)cs2)cc1. The lowest BCUT2D eigenvalue weighted by molar-refractivity contribution is -0.111. The number of nitrogens with one attached hydrogen (secondary N) is 1. The lowest BCUT2D eigenvalue weighted by Gasteiger charge is -2.05. The molecule has 0 aliphatic heterocycles.